The summed E-state index contributed by atoms with van der Waals surface area (Å²) in [4.78, 5) is 0. The van der Waals surface area contributed by atoms with Gasteiger partial charge in [0.2, 0.25) is 5.16 Å². The van der Waals surface area contributed by atoms with Crippen molar-refractivity contribution in [2.24, 2.45) is 7.05 Å². The molecular formula is C10H10F2N4OS. The van der Waals surface area contributed by atoms with E-state index in [0.717, 1.165) is 23.9 Å². The summed E-state index contributed by atoms with van der Waals surface area (Å²) in [6.07, 6.45) is -1.26. The van der Waals surface area contributed by atoms with Gasteiger partial charge in [0, 0.05) is 12.8 Å². The second kappa shape index (κ2) is 5.40. The molecule has 0 amide bonds. The molecule has 1 aromatic heterocycles. The van der Waals surface area contributed by atoms with Gasteiger partial charge in [0.15, 0.2) is 0 Å². The van der Waals surface area contributed by atoms with Gasteiger partial charge in [0.05, 0.1) is 11.7 Å². The van der Waals surface area contributed by atoms with Crippen molar-refractivity contribution in [3.63, 3.8) is 0 Å². The van der Waals surface area contributed by atoms with Crippen LogP contribution in [0.2, 0.25) is 0 Å². The minimum Gasteiger partial charge on any atom is -0.387 e. The van der Waals surface area contributed by atoms with Crippen molar-refractivity contribution in [3.05, 3.63) is 35.4 Å². The Morgan fingerprint density at radius 2 is 2.06 bits per heavy atom. The lowest BCUT2D eigenvalue weighted by atomic mass is 10.1. The van der Waals surface area contributed by atoms with Crippen molar-refractivity contribution in [1.29, 1.82) is 0 Å². The van der Waals surface area contributed by atoms with E-state index < -0.39 is 17.7 Å². The smallest absolute Gasteiger partial charge is 0.209 e. The quantitative estimate of drug-likeness (QED) is 0.850. The number of halogens is 2. The van der Waals surface area contributed by atoms with Crippen molar-refractivity contribution >= 4 is 11.8 Å². The Hall–Kier alpha value is -1.54. The predicted octanol–water partition coefficient (Wildman–Crippen LogP) is 1.31. The van der Waals surface area contributed by atoms with Crippen LogP contribution in [0.5, 0.6) is 0 Å². The summed E-state index contributed by atoms with van der Waals surface area (Å²) in [5.74, 6) is -1.47. The van der Waals surface area contributed by atoms with Crippen LogP contribution in [0.4, 0.5) is 8.78 Å². The van der Waals surface area contributed by atoms with Gasteiger partial charge < -0.3 is 5.11 Å². The highest BCUT2D eigenvalue weighted by atomic mass is 32.2. The highest BCUT2D eigenvalue weighted by Crippen LogP contribution is 2.26. The third-order valence-electron chi connectivity index (χ3n) is 2.28. The molecule has 0 aliphatic rings. The Kier molecular flexibility index (Phi) is 3.87. The first-order chi connectivity index (χ1) is 8.59. The molecule has 0 aliphatic carbocycles. The van der Waals surface area contributed by atoms with Crippen molar-refractivity contribution in [1.82, 2.24) is 20.2 Å². The molecule has 1 atom stereocenters. The van der Waals surface area contributed by atoms with Crippen molar-refractivity contribution in [2.45, 2.75) is 11.3 Å². The van der Waals surface area contributed by atoms with Crippen LogP contribution >= 0.6 is 11.8 Å². The minimum absolute atomic E-state index is 0.0616. The van der Waals surface area contributed by atoms with E-state index in [0.29, 0.717) is 5.16 Å². The third kappa shape index (κ3) is 2.65. The van der Waals surface area contributed by atoms with Crippen LogP contribution in [0.3, 0.4) is 0 Å². The molecule has 96 valence electrons. The minimum atomic E-state index is -1.26. The van der Waals surface area contributed by atoms with E-state index in [9.17, 15) is 13.9 Å². The van der Waals surface area contributed by atoms with E-state index >= 15 is 0 Å². The molecule has 0 saturated heterocycles. The van der Waals surface area contributed by atoms with Gasteiger partial charge in [0.25, 0.3) is 0 Å². The van der Waals surface area contributed by atoms with Gasteiger partial charge in [-0.15, -0.1) is 5.10 Å². The normalized spacial score (nSPS) is 12.7. The molecule has 0 aliphatic heterocycles. The van der Waals surface area contributed by atoms with Gasteiger partial charge in [-0.05, 0) is 22.6 Å². The number of aryl methyl sites for hydroxylation is 1. The highest BCUT2D eigenvalue weighted by Gasteiger charge is 2.18. The molecule has 0 saturated carbocycles. The van der Waals surface area contributed by atoms with Crippen LogP contribution in [-0.4, -0.2) is 31.1 Å². The number of hydrogen-bond acceptors (Lipinski definition) is 5. The van der Waals surface area contributed by atoms with E-state index in [1.165, 1.54) is 10.7 Å². The number of tetrazole rings is 1. The first kappa shape index (κ1) is 12.9. The molecule has 2 rings (SSSR count). The standard InChI is InChI=1S/C10H10F2N4OS/c1-16-10(13-14-15-16)18-5-8(17)9-6(11)3-2-4-7(9)12/h2-4,8,17H,5H2,1H3. The number of thioether (sulfide) groups is 1. The molecule has 5 nitrogen and oxygen atoms in total. The Morgan fingerprint density at radius 3 is 2.61 bits per heavy atom. The topological polar surface area (TPSA) is 63.8 Å². The van der Waals surface area contributed by atoms with Crippen molar-refractivity contribution in [3.8, 4) is 0 Å². The summed E-state index contributed by atoms with van der Waals surface area (Å²) >= 11 is 1.12. The average Bonchev–Trinajstić information content (AvgIpc) is 2.72. The molecule has 2 aromatic rings. The fraction of sp³-hybridized carbons (Fsp3) is 0.300. The maximum absolute atomic E-state index is 13.4. The molecule has 18 heavy (non-hydrogen) atoms. The zero-order chi connectivity index (χ0) is 13.1. The van der Waals surface area contributed by atoms with Crippen LogP contribution in [0.1, 0.15) is 11.7 Å². The number of rotatable bonds is 4. The molecule has 1 aromatic carbocycles. The van der Waals surface area contributed by atoms with Crippen LogP contribution in [0, 0.1) is 11.6 Å². The number of hydrogen-bond donors (Lipinski definition) is 1. The molecule has 1 heterocycles. The lowest BCUT2D eigenvalue weighted by molar-refractivity contribution is 0.193. The van der Waals surface area contributed by atoms with Crippen molar-refractivity contribution < 1.29 is 13.9 Å². The van der Waals surface area contributed by atoms with Crippen molar-refractivity contribution in [2.75, 3.05) is 5.75 Å². The number of aromatic nitrogens is 4. The van der Waals surface area contributed by atoms with Gasteiger partial charge in [-0.3, -0.25) is 0 Å². The first-order valence-electron chi connectivity index (χ1n) is 5.06. The molecule has 1 N–H and O–H groups in total. The van der Waals surface area contributed by atoms with Crippen LogP contribution in [-0.2, 0) is 7.05 Å². The Bertz CT molecular complexity index is 528. The molecule has 1 unspecified atom stereocenters. The lowest BCUT2D eigenvalue weighted by Gasteiger charge is -2.11. The van der Waals surface area contributed by atoms with E-state index in [2.05, 4.69) is 15.5 Å². The van der Waals surface area contributed by atoms with Gasteiger partial charge in [-0.2, -0.15) is 0 Å². The summed E-state index contributed by atoms with van der Waals surface area (Å²) in [6.45, 7) is 0. The second-order valence-electron chi connectivity index (χ2n) is 3.55. The summed E-state index contributed by atoms with van der Waals surface area (Å²) in [7, 11) is 1.64. The van der Waals surface area contributed by atoms with Gasteiger partial charge in [0.1, 0.15) is 11.6 Å². The highest BCUT2D eigenvalue weighted by molar-refractivity contribution is 7.99. The zero-order valence-corrected chi connectivity index (χ0v) is 10.2. The molecule has 0 radical (unpaired) electrons. The summed E-state index contributed by atoms with van der Waals surface area (Å²) in [5.41, 5.74) is -0.333. The maximum atomic E-state index is 13.4. The summed E-state index contributed by atoms with van der Waals surface area (Å²) in [6, 6.07) is 3.47. The fourth-order valence-corrected chi connectivity index (χ4v) is 2.20. The Balaban J connectivity index is 2.08. The largest absolute Gasteiger partial charge is 0.387 e. The van der Waals surface area contributed by atoms with Crippen LogP contribution in [0.15, 0.2) is 23.4 Å². The number of aliphatic hydroxyl groups excluding tert-OH is 1. The molecule has 0 fully saturated rings. The monoisotopic (exact) mass is 272 g/mol. The molecular weight excluding hydrogens is 262 g/mol. The third-order valence-corrected chi connectivity index (χ3v) is 3.37. The SMILES string of the molecule is Cn1nnnc1SCC(O)c1c(F)cccc1F. The first-order valence-corrected chi connectivity index (χ1v) is 6.05. The number of nitrogens with zero attached hydrogens (tertiary/aromatic N) is 4. The molecule has 8 heteroatoms. The summed E-state index contributed by atoms with van der Waals surface area (Å²) < 4.78 is 28.2. The summed E-state index contributed by atoms with van der Waals surface area (Å²) in [5, 5.41) is 21.0. The second-order valence-corrected chi connectivity index (χ2v) is 4.53. The Labute approximate surface area is 106 Å². The van der Waals surface area contributed by atoms with Gasteiger partial charge in [-0.1, -0.05) is 17.8 Å². The van der Waals surface area contributed by atoms with Crippen LogP contribution in [0.25, 0.3) is 0 Å². The lowest BCUT2D eigenvalue weighted by Crippen LogP contribution is -2.07. The average molecular weight is 272 g/mol. The van der Waals surface area contributed by atoms with E-state index in [4.69, 9.17) is 0 Å². The van der Waals surface area contributed by atoms with E-state index in [-0.39, 0.29) is 11.3 Å². The van der Waals surface area contributed by atoms with E-state index in [1.807, 2.05) is 0 Å². The predicted molar refractivity (Wildman–Crippen MR) is 60.8 cm³/mol. The zero-order valence-electron chi connectivity index (χ0n) is 9.42. The van der Waals surface area contributed by atoms with Gasteiger partial charge in [-0.25, -0.2) is 13.5 Å². The molecule has 0 spiro atoms. The van der Waals surface area contributed by atoms with E-state index in [1.54, 1.807) is 7.05 Å². The number of benzene rings is 1. The fourth-order valence-electron chi connectivity index (χ4n) is 1.41. The number of aliphatic hydroxyl groups is 1. The van der Waals surface area contributed by atoms with Gasteiger partial charge >= 0.3 is 0 Å². The maximum Gasteiger partial charge on any atom is 0.209 e. The van der Waals surface area contributed by atoms with Crippen LogP contribution < -0.4 is 0 Å². The molecule has 0 bridgehead atoms. The Morgan fingerprint density at radius 1 is 1.39 bits per heavy atom.